The number of fused-ring (bicyclic) bond motifs is 1. The first-order valence-electron chi connectivity index (χ1n) is 10.9. The summed E-state index contributed by atoms with van der Waals surface area (Å²) in [6, 6.07) is 25.3. The van der Waals surface area contributed by atoms with Crippen LogP contribution >= 0.6 is 0 Å². The molecule has 0 N–H and O–H groups in total. The van der Waals surface area contributed by atoms with Crippen LogP contribution in [0.15, 0.2) is 78.9 Å². The zero-order chi connectivity index (χ0) is 21.4. The molecule has 1 aliphatic heterocycles. The van der Waals surface area contributed by atoms with Crippen LogP contribution in [0, 0.1) is 17.8 Å². The van der Waals surface area contributed by atoms with Crippen molar-refractivity contribution in [2.24, 2.45) is 17.8 Å². The Kier molecular flexibility index (Phi) is 5.06. The summed E-state index contributed by atoms with van der Waals surface area (Å²) in [7, 11) is 0. The van der Waals surface area contributed by atoms with Crippen LogP contribution in [0.5, 0.6) is 11.5 Å². The van der Waals surface area contributed by atoms with Gasteiger partial charge in [0.1, 0.15) is 11.5 Å². The molecule has 4 heteroatoms. The van der Waals surface area contributed by atoms with Crippen LogP contribution in [0.1, 0.15) is 26.2 Å². The predicted octanol–water partition coefficient (Wildman–Crippen LogP) is 6.07. The summed E-state index contributed by atoms with van der Waals surface area (Å²) in [5.41, 5.74) is 2.72. The first-order valence-corrected chi connectivity index (χ1v) is 10.9. The number of anilines is 1. The Morgan fingerprint density at radius 1 is 0.774 bits per heavy atom. The van der Waals surface area contributed by atoms with Gasteiger partial charge in [0, 0.05) is 5.56 Å². The number of carbonyl (C=O) groups excluding carboxylic acids is 2. The van der Waals surface area contributed by atoms with Gasteiger partial charge in [0.25, 0.3) is 0 Å². The number of nitrogens with zero attached hydrogens (tertiary/aromatic N) is 1. The lowest BCUT2D eigenvalue weighted by molar-refractivity contribution is -0.122. The van der Waals surface area contributed by atoms with E-state index >= 15 is 0 Å². The van der Waals surface area contributed by atoms with Crippen LogP contribution in [0.25, 0.3) is 11.1 Å². The van der Waals surface area contributed by atoms with Crippen molar-refractivity contribution < 1.29 is 14.3 Å². The van der Waals surface area contributed by atoms with Crippen molar-refractivity contribution in [3.8, 4) is 22.6 Å². The second kappa shape index (κ2) is 8.03. The van der Waals surface area contributed by atoms with Crippen LogP contribution < -0.4 is 9.64 Å². The zero-order valence-corrected chi connectivity index (χ0v) is 17.5. The van der Waals surface area contributed by atoms with E-state index in [9.17, 15) is 9.59 Å². The highest BCUT2D eigenvalue weighted by molar-refractivity contribution is 6.22. The van der Waals surface area contributed by atoms with Crippen LogP contribution in [-0.4, -0.2) is 11.8 Å². The van der Waals surface area contributed by atoms with E-state index in [0.717, 1.165) is 36.1 Å². The number of hydrogen-bond donors (Lipinski definition) is 0. The number of benzene rings is 3. The average Bonchev–Trinajstić information content (AvgIpc) is 3.05. The number of para-hydroxylation sites is 1. The summed E-state index contributed by atoms with van der Waals surface area (Å²) < 4.78 is 6.16. The molecule has 1 heterocycles. The van der Waals surface area contributed by atoms with Gasteiger partial charge in [0.05, 0.1) is 17.5 Å². The van der Waals surface area contributed by atoms with Crippen molar-refractivity contribution in [1.29, 1.82) is 0 Å². The van der Waals surface area contributed by atoms with Crippen LogP contribution in [-0.2, 0) is 9.59 Å². The number of carbonyl (C=O) groups is 2. The first kappa shape index (κ1) is 19.6. The number of imide groups is 1. The van der Waals surface area contributed by atoms with Gasteiger partial charge in [-0.2, -0.15) is 0 Å². The Morgan fingerprint density at radius 2 is 1.45 bits per heavy atom. The SMILES string of the molecule is C[C@H]1CC[C@@H]2C(=O)N(c3ccc(Oc4ccccc4-c4ccccc4)cc3)C(=O)[C@@H]2C1. The monoisotopic (exact) mass is 411 g/mol. The highest BCUT2D eigenvalue weighted by Crippen LogP contribution is 2.42. The molecule has 0 spiro atoms. The highest BCUT2D eigenvalue weighted by atomic mass is 16.5. The lowest BCUT2D eigenvalue weighted by Gasteiger charge is -2.25. The molecule has 4 nitrogen and oxygen atoms in total. The van der Waals surface area contributed by atoms with Gasteiger partial charge in [0.15, 0.2) is 0 Å². The third-order valence-corrected chi connectivity index (χ3v) is 6.48. The molecule has 1 saturated heterocycles. The summed E-state index contributed by atoms with van der Waals surface area (Å²) in [6.07, 6.45) is 2.63. The van der Waals surface area contributed by atoms with E-state index in [4.69, 9.17) is 4.74 Å². The topological polar surface area (TPSA) is 46.6 Å². The third-order valence-electron chi connectivity index (χ3n) is 6.48. The molecule has 3 aromatic rings. The maximum absolute atomic E-state index is 12.9. The van der Waals surface area contributed by atoms with Crippen LogP contribution in [0.3, 0.4) is 0 Å². The molecule has 2 amide bonds. The lowest BCUT2D eigenvalue weighted by atomic mass is 9.76. The Hall–Kier alpha value is -3.40. The molecule has 3 atom stereocenters. The Balaban J connectivity index is 1.37. The number of hydrogen-bond acceptors (Lipinski definition) is 3. The zero-order valence-electron chi connectivity index (χ0n) is 17.5. The van der Waals surface area contributed by atoms with Crippen molar-refractivity contribution in [3.63, 3.8) is 0 Å². The van der Waals surface area contributed by atoms with E-state index in [1.165, 1.54) is 4.90 Å². The lowest BCUT2D eigenvalue weighted by Crippen LogP contribution is -2.30. The third kappa shape index (κ3) is 3.63. The predicted molar refractivity (Wildman–Crippen MR) is 121 cm³/mol. The maximum Gasteiger partial charge on any atom is 0.237 e. The minimum Gasteiger partial charge on any atom is -0.457 e. The number of amides is 2. The maximum atomic E-state index is 12.9. The smallest absolute Gasteiger partial charge is 0.237 e. The molecule has 1 saturated carbocycles. The quantitative estimate of drug-likeness (QED) is 0.490. The minimum atomic E-state index is -0.162. The number of ether oxygens (including phenoxy) is 1. The second-order valence-electron chi connectivity index (χ2n) is 8.60. The second-order valence-corrected chi connectivity index (χ2v) is 8.60. The molecule has 3 aromatic carbocycles. The molecule has 2 fully saturated rings. The normalized spacial score (nSPS) is 23.0. The standard InChI is InChI=1S/C27H25NO3/c1-18-11-16-23-24(17-18)27(30)28(26(23)29)20-12-14-21(15-13-20)31-25-10-6-5-9-22(25)19-7-3-2-4-8-19/h2-10,12-15,18,23-24H,11,16-17H2,1H3/t18-,23-,24+/m0/s1. The number of rotatable bonds is 4. The summed E-state index contributed by atoms with van der Waals surface area (Å²) in [5, 5.41) is 0. The molecule has 1 aliphatic carbocycles. The van der Waals surface area contributed by atoms with Crippen LogP contribution in [0.2, 0.25) is 0 Å². The van der Waals surface area contributed by atoms with Crippen molar-refractivity contribution in [2.45, 2.75) is 26.2 Å². The van der Waals surface area contributed by atoms with Gasteiger partial charge in [-0.15, -0.1) is 0 Å². The molecule has 2 aliphatic rings. The van der Waals surface area contributed by atoms with E-state index in [-0.39, 0.29) is 23.7 Å². The molecule has 0 aromatic heterocycles. The molecular weight excluding hydrogens is 386 g/mol. The Labute approximate surface area is 182 Å². The Morgan fingerprint density at radius 3 is 2.23 bits per heavy atom. The molecule has 156 valence electrons. The molecular formula is C27H25NO3. The highest BCUT2D eigenvalue weighted by Gasteiger charge is 2.49. The summed E-state index contributed by atoms with van der Waals surface area (Å²) in [6.45, 7) is 2.16. The van der Waals surface area contributed by atoms with E-state index in [0.29, 0.717) is 17.4 Å². The van der Waals surface area contributed by atoms with Crippen molar-refractivity contribution in [2.75, 3.05) is 4.90 Å². The fourth-order valence-corrected chi connectivity index (χ4v) is 4.85. The summed E-state index contributed by atoms with van der Waals surface area (Å²) >= 11 is 0. The average molecular weight is 412 g/mol. The van der Waals surface area contributed by atoms with E-state index in [1.54, 1.807) is 12.1 Å². The van der Waals surface area contributed by atoms with Gasteiger partial charge in [-0.1, -0.05) is 55.5 Å². The molecule has 0 bridgehead atoms. The fraction of sp³-hybridized carbons (Fsp3) is 0.259. The molecule has 31 heavy (non-hydrogen) atoms. The summed E-state index contributed by atoms with van der Waals surface area (Å²) in [5.74, 6) is 1.50. The minimum absolute atomic E-state index is 0.0509. The van der Waals surface area contributed by atoms with E-state index in [1.807, 2.05) is 54.6 Å². The fourth-order valence-electron chi connectivity index (χ4n) is 4.85. The van der Waals surface area contributed by atoms with Crippen molar-refractivity contribution in [1.82, 2.24) is 0 Å². The van der Waals surface area contributed by atoms with Crippen molar-refractivity contribution in [3.05, 3.63) is 78.9 Å². The van der Waals surface area contributed by atoms with Gasteiger partial charge in [-0.3, -0.25) is 14.5 Å². The summed E-state index contributed by atoms with van der Waals surface area (Å²) in [4.78, 5) is 27.2. The van der Waals surface area contributed by atoms with Gasteiger partial charge >= 0.3 is 0 Å². The van der Waals surface area contributed by atoms with Gasteiger partial charge < -0.3 is 4.74 Å². The molecule has 0 unspecified atom stereocenters. The van der Waals surface area contributed by atoms with Crippen molar-refractivity contribution >= 4 is 17.5 Å². The van der Waals surface area contributed by atoms with Gasteiger partial charge in [-0.05, 0) is 61.1 Å². The van der Waals surface area contributed by atoms with Gasteiger partial charge in [0.2, 0.25) is 11.8 Å². The van der Waals surface area contributed by atoms with Gasteiger partial charge in [-0.25, -0.2) is 0 Å². The van der Waals surface area contributed by atoms with Crippen LogP contribution in [0.4, 0.5) is 5.69 Å². The largest absolute Gasteiger partial charge is 0.457 e. The first-order chi connectivity index (χ1) is 15.1. The van der Waals surface area contributed by atoms with E-state index < -0.39 is 0 Å². The molecule has 0 radical (unpaired) electrons. The molecule has 5 rings (SSSR count). The van der Waals surface area contributed by atoms with E-state index in [2.05, 4.69) is 19.1 Å². The Bertz CT molecular complexity index is 1110.